The van der Waals surface area contributed by atoms with E-state index >= 15 is 0 Å². The van der Waals surface area contributed by atoms with E-state index in [1.807, 2.05) is 26.8 Å². The average Bonchev–Trinajstić information content (AvgIpc) is 3.40. The molecule has 6 amide bonds. The Labute approximate surface area is 316 Å². The van der Waals surface area contributed by atoms with Gasteiger partial charge in [-0.25, -0.2) is 14.4 Å². The third-order valence-electron chi connectivity index (χ3n) is 7.49. The van der Waals surface area contributed by atoms with Gasteiger partial charge < -0.3 is 35.9 Å². The molecule has 1 aliphatic rings. The Balaban J connectivity index is 0.00000239. The monoisotopic (exact) mass is 753 g/mol. The smallest absolute Gasteiger partial charge is 0.408 e. The first-order valence-electron chi connectivity index (χ1n) is 18.0. The summed E-state index contributed by atoms with van der Waals surface area (Å²) in [5.41, 5.74) is 0.546. The summed E-state index contributed by atoms with van der Waals surface area (Å²) in [5.74, 6) is -3.77. The molecular formula is C39H55N5O10. The minimum Gasteiger partial charge on any atom is -0.465 e. The number of nitrogens with zero attached hydrogens (tertiary/aromatic N) is 1. The van der Waals surface area contributed by atoms with E-state index in [1.165, 1.54) is 12.1 Å². The fourth-order valence-corrected chi connectivity index (χ4v) is 5.19. The highest BCUT2D eigenvalue weighted by Crippen LogP contribution is 2.23. The van der Waals surface area contributed by atoms with Crippen molar-refractivity contribution in [2.75, 3.05) is 0 Å². The summed E-state index contributed by atoms with van der Waals surface area (Å²) in [5, 5.41) is 19.9. The molecule has 0 saturated carbocycles. The molecular weight excluding hydrogens is 698 g/mol. The van der Waals surface area contributed by atoms with E-state index in [0.29, 0.717) is 0 Å². The summed E-state index contributed by atoms with van der Waals surface area (Å²) < 4.78 is 5.32. The molecule has 0 bridgehead atoms. The zero-order valence-electron chi connectivity index (χ0n) is 32.3. The minimum atomic E-state index is -1.80. The second-order valence-corrected chi connectivity index (χ2v) is 15.3. The molecule has 0 spiro atoms. The van der Waals surface area contributed by atoms with Crippen molar-refractivity contribution in [3.05, 3.63) is 71.8 Å². The van der Waals surface area contributed by atoms with E-state index in [-0.39, 0.29) is 48.8 Å². The van der Waals surface area contributed by atoms with Crippen LogP contribution in [0.3, 0.4) is 0 Å². The number of amides is 6. The molecule has 0 aliphatic carbocycles. The lowest BCUT2D eigenvalue weighted by atomic mass is 9.87. The molecule has 1 fully saturated rings. The summed E-state index contributed by atoms with van der Waals surface area (Å²) in [7, 11) is 0. The molecule has 54 heavy (non-hydrogen) atoms. The number of hydrogen-bond donors (Lipinski definition) is 5. The second kappa shape index (κ2) is 21.3. The zero-order valence-corrected chi connectivity index (χ0v) is 32.3. The molecule has 3 rings (SSSR count). The lowest BCUT2D eigenvalue weighted by molar-refractivity contribution is -0.199. The molecule has 5 N–H and O–H groups in total. The molecule has 1 heterocycles. The van der Waals surface area contributed by atoms with Gasteiger partial charge in [-0.1, -0.05) is 116 Å². The van der Waals surface area contributed by atoms with E-state index < -0.39 is 71.4 Å². The van der Waals surface area contributed by atoms with Gasteiger partial charge in [0, 0.05) is 12.8 Å². The van der Waals surface area contributed by atoms with Crippen LogP contribution in [0.1, 0.15) is 98.2 Å². The summed E-state index contributed by atoms with van der Waals surface area (Å²) >= 11 is 0. The van der Waals surface area contributed by atoms with Crippen molar-refractivity contribution in [2.24, 2.45) is 17.3 Å². The molecule has 2 aromatic rings. The molecule has 1 saturated heterocycles. The van der Waals surface area contributed by atoms with Crippen molar-refractivity contribution in [3.8, 4) is 0 Å². The van der Waals surface area contributed by atoms with Crippen molar-refractivity contribution in [2.45, 2.75) is 112 Å². The number of hydrogen-bond acceptors (Lipinski definition) is 9. The van der Waals surface area contributed by atoms with Crippen molar-refractivity contribution < 1.29 is 48.2 Å². The van der Waals surface area contributed by atoms with E-state index in [4.69, 9.17) is 9.57 Å². The van der Waals surface area contributed by atoms with Crippen LogP contribution in [0.4, 0.5) is 9.59 Å². The van der Waals surface area contributed by atoms with Crippen molar-refractivity contribution in [1.82, 2.24) is 26.3 Å². The minimum absolute atomic E-state index is 0.0337. The SMILES string of the molecule is CC(C)C.CC(C)C[C@H](NC(=O)[C@@H](CC(C)(C)C)NC(=O)OCc1ccccc1)C(=O)NC(C(=O)ON1C(=O)CCC1=O)C(NC(=O)O)c1ccccc1. The number of imide groups is 1. The van der Waals surface area contributed by atoms with Crippen LogP contribution in [0, 0.1) is 17.3 Å². The third-order valence-corrected chi connectivity index (χ3v) is 7.49. The fraction of sp³-hybridized carbons (Fsp3) is 0.513. The van der Waals surface area contributed by atoms with Crippen LogP contribution < -0.4 is 21.3 Å². The van der Waals surface area contributed by atoms with Crippen molar-refractivity contribution in [3.63, 3.8) is 0 Å². The molecule has 1 aliphatic heterocycles. The fourth-order valence-electron chi connectivity index (χ4n) is 5.19. The number of carbonyl (C=O) groups is 7. The molecule has 4 atom stereocenters. The highest BCUT2D eigenvalue weighted by atomic mass is 16.7. The maximum Gasteiger partial charge on any atom is 0.408 e. The van der Waals surface area contributed by atoms with Crippen LogP contribution in [-0.2, 0) is 40.2 Å². The standard InChI is InChI=1S/C35H45N5O10.C4H10/c1-21(2)18-24(36-31(44)25(19-35(3,4)5)37-34(48)49-20-22-12-8-6-9-13-22)30(43)38-29(32(45)50-40-26(41)16-17-27(40)42)28(39-33(46)47)23-14-10-7-11-15-23;1-4(2)3/h6-15,21,24-25,28-29,39H,16-20H2,1-5H3,(H,36,44)(H,37,48)(H,38,43)(H,46,47);4H,1-3H3/t24-,25+,28?,29?;/m0./s1. The zero-order chi connectivity index (χ0) is 40.6. The van der Waals surface area contributed by atoms with Gasteiger partial charge in [0.2, 0.25) is 11.8 Å². The Bertz CT molecular complexity index is 1560. The summed E-state index contributed by atoms with van der Waals surface area (Å²) in [6, 6.07) is 11.1. The molecule has 0 aromatic heterocycles. The van der Waals surface area contributed by atoms with Gasteiger partial charge in [-0.3, -0.25) is 19.2 Å². The number of hydroxylamine groups is 2. The molecule has 2 aromatic carbocycles. The summed E-state index contributed by atoms with van der Waals surface area (Å²) in [4.78, 5) is 95.5. The summed E-state index contributed by atoms with van der Waals surface area (Å²) in [6.07, 6.45) is -2.52. The molecule has 2 unspecified atom stereocenters. The van der Waals surface area contributed by atoms with Gasteiger partial charge in [0.05, 0.1) is 6.04 Å². The van der Waals surface area contributed by atoms with E-state index in [1.54, 1.807) is 56.3 Å². The van der Waals surface area contributed by atoms with Gasteiger partial charge in [-0.2, -0.15) is 0 Å². The number of rotatable bonds is 15. The summed E-state index contributed by atoms with van der Waals surface area (Å²) in [6.45, 7) is 15.7. The first kappa shape index (κ1) is 44.7. The van der Waals surface area contributed by atoms with Gasteiger partial charge in [-0.05, 0) is 41.2 Å². The Hall–Kier alpha value is -5.47. The molecule has 15 nitrogen and oxygen atoms in total. The number of alkyl carbamates (subject to hydrolysis) is 1. The number of benzene rings is 2. The van der Waals surface area contributed by atoms with Crippen LogP contribution in [0.5, 0.6) is 0 Å². The average molecular weight is 754 g/mol. The van der Waals surface area contributed by atoms with Crippen LogP contribution in [0.15, 0.2) is 60.7 Å². The Morgan fingerprint density at radius 2 is 1.28 bits per heavy atom. The number of ether oxygens (including phenoxy) is 1. The van der Waals surface area contributed by atoms with Crippen LogP contribution in [-0.4, -0.2) is 70.1 Å². The second-order valence-electron chi connectivity index (χ2n) is 15.3. The molecule has 0 radical (unpaired) electrons. The lowest BCUT2D eigenvalue weighted by Crippen LogP contribution is -2.59. The highest BCUT2D eigenvalue weighted by Gasteiger charge is 2.41. The Morgan fingerprint density at radius 1 is 0.759 bits per heavy atom. The van der Waals surface area contributed by atoms with Gasteiger partial charge >= 0.3 is 18.2 Å². The first-order valence-corrected chi connectivity index (χ1v) is 18.0. The van der Waals surface area contributed by atoms with Crippen LogP contribution >= 0.6 is 0 Å². The number of carbonyl (C=O) groups excluding carboxylic acids is 6. The van der Waals surface area contributed by atoms with E-state index in [0.717, 1.165) is 11.5 Å². The van der Waals surface area contributed by atoms with Crippen molar-refractivity contribution >= 4 is 41.8 Å². The quantitative estimate of drug-likeness (QED) is 0.154. The predicted molar refractivity (Wildman–Crippen MR) is 199 cm³/mol. The van der Waals surface area contributed by atoms with Gasteiger partial charge in [-0.15, -0.1) is 5.06 Å². The van der Waals surface area contributed by atoms with Gasteiger partial charge in [0.1, 0.15) is 18.7 Å². The van der Waals surface area contributed by atoms with E-state index in [2.05, 4.69) is 42.0 Å². The van der Waals surface area contributed by atoms with Crippen molar-refractivity contribution in [1.29, 1.82) is 0 Å². The number of nitrogens with one attached hydrogen (secondary N) is 4. The van der Waals surface area contributed by atoms with Gasteiger partial charge in [0.15, 0.2) is 6.04 Å². The third kappa shape index (κ3) is 16.0. The maximum atomic E-state index is 13.9. The van der Waals surface area contributed by atoms with Crippen LogP contribution in [0.25, 0.3) is 0 Å². The topological polar surface area (TPSA) is 210 Å². The Morgan fingerprint density at radius 3 is 1.78 bits per heavy atom. The normalized spacial score (nSPS) is 14.9. The maximum absolute atomic E-state index is 13.9. The lowest BCUT2D eigenvalue weighted by Gasteiger charge is -2.31. The predicted octanol–water partition coefficient (Wildman–Crippen LogP) is 5.01. The largest absolute Gasteiger partial charge is 0.465 e. The molecule has 15 heteroatoms. The van der Waals surface area contributed by atoms with Crippen LogP contribution in [0.2, 0.25) is 0 Å². The van der Waals surface area contributed by atoms with Gasteiger partial charge in [0.25, 0.3) is 11.8 Å². The molecule has 296 valence electrons. The van der Waals surface area contributed by atoms with E-state index in [9.17, 15) is 38.7 Å². The number of carboxylic acid groups (broad SMARTS) is 1. The first-order chi connectivity index (χ1) is 25.3. The Kier molecular flexibility index (Phi) is 17.6. The highest BCUT2D eigenvalue weighted by molar-refractivity contribution is 6.02.